The summed E-state index contributed by atoms with van der Waals surface area (Å²) in [5.41, 5.74) is 1.31. The maximum absolute atomic E-state index is 13.5. The summed E-state index contributed by atoms with van der Waals surface area (Å²) in [7, 11) is 0. The predicted molar refractivity (Wildman–Crippen MR) is 59.1 cm³/mol. The van der Waals surface area contributed by atoms with Gasteiger partial charge in [-0.1, -0.05) is 32.4 Å². The first kappa shape index (κ1) is 11.0. The molecule has 1 unspecified atom stereocenters. The molecule has 0 saturated heterocycles. The SMILES string of the molecule is CCC(C)CNc1cccc(C)c1F. The van der Waals surface area contributed by atoms with E-state index in [2.05, 4.69) is 19.2 Å². The highest BCUT2D eigenvalue weighted by atomic mass is 19.1. The number of nitrogens with one attached hydrogen (secondary N) is 1. The highest BCUT2D eigenvalue weighted by molar-refractivity contribution is 5.47. The van der Waals surface area contributed by atoms with Crippen molar-refractivity contribution in [2.75, 3.05) is 11.9 Å². The maximum Gasteiger partial charge on any atom is 0.149 e. The van der Waals surface area contributed by atoms with Crippen LogP contribution < -0.4 is 5.32 Å². The fraction of sp³-hybridized carbons (Fsp3) is 0.500. The van der Waals surface area contributed by atoms with Crippen molar-refractivity contribution in [2.24, 2.45) is 5.92 Å². The predicted octanol–water partition coefficient (Wildman–Crippen LogP) is 3.59. The van der Waals surface area contributed by atoms with Crippen LogP contribution in [-0.2, 0) is 0 Å². The zero-order valence-corrected chi connectivity index (χ0v) is 9.10. The van der Waals surface area contributed by atoms with Crippen molar-refractivity contribution in [3.05, 3.63) is 29.6 Å². The van der Waals surface area contributed by atoms with Gasteiger partial charge in [-0.3, -0.25) is 0 Å². The molecule has 0 saturated carbocycles. The minimum Gasteiger partial charge on any atom is -0.382 e. The van der Waals surface area contributed by atoms with Gasteiger partial charge in [0.25, 0.3) is 0 Å². The van der Waals surface area contributed by atoms with Gasteiger partial charge in [0.1, 0.15) is 5.82 Å². The highest BCUT2D eigenvalue weighted by Crippen LogP contribution is 2.17. The number of anilines is 1. The number of rotatable bonds is 4. The van der Waals surface area contributed by atoms with Crippen molar-refractivity contribution in [3.8, 4) is 0 Å². The monoisotopic (exact) mass is 195 g/mol. The van der Waals surface area contributed by atoms with Crippen LogP contribution in [0.2, 0.25) is 0 Å². The Labute approximate surface area is 85.3 Å². The molecule has 0 aliphatic carbocycles. The molecule has 0 aromatic heterocycles. The fourth-order valence-electron chi connectivity index (χ4n) is 1.21. The van der Waals surface area contributed by atoms with Gasteiger partial charge in [0.15, 0.2) is 0 Å². The third kappa shape index (κ3) is 2.72. The van der Waals surface area contributed by atoms with Crippen LogP contribution in [0.3, 0.4) is 0 Å². The molecule has 0 radical (unpaired) electrons. The zero-order valence-electron chi connectivity index (χ0n) is 9.10. The average Bonchev–Trinajstić information content (AvgIpc) is 2.20. The van der Waals surface area contributed by atoms with E-state index in [4.69, 9.17) is 0 Å². The second-order valence-electron chi connectivity index (χ2n) is 3.83. The molecule has 1 rings (SSSR count). The summed E-state index contributed by atoms with van der Waals surface area (Å²) in [5.74, 6) is 0.450. The number of hydrogen-bond acceptors (Lipinski definition) is 1. The second kappa shape index (κ2) is 4.99. The van der Waals surface area contributed by atoms with Crippen molar-refractivity contribution in [2.45, 2.75) is 27.2 Å². The Morgan fingerprint density at radius 1 is 1.43 bits per heavy atom. The molecule has 0 spiro atoms. The molecule has 1 aromatic rings. The first-order valence-electron chi connectivity index (χ1n) is 5.14. The van der Waals surface area contributed by atoms with Crippen molar-refractivity contribution < 1.29 is 4.39 Å². The van der Waals surface area contributed by atoms with Gasteiger partial charge in [-0.15, -0.1) is 0 Å². The van der Waals surface area contributed by atoms with Gasteiger partial charge in [-0.25, -0.2) is 4.39 Å². The Morgan fingerprint density at radius 3 is 2.79 bits per heavy atom. The molecule has 1 aromatic carbocycles. The standard InChI is InChI=1S/C12H18FN/c1-4-9(2)8-14-11-7-5-6-10(3)12(11)13/h5-7,9,14H,4,8H2,1-3H3. The molecule has 1 N–H and O–H groups in total. The minimum atomic E-state index is -0.129. The first-order chi connectivity index (χ1) is 6.65. The lowest BCUT2D eigenvalue weighted by molar-refractivity contribution is 0.584. The van der Waals surface area contributed by atoms with E-state index in [1.165, 1.54) is 0 Å². The first-order valence-corrected chi connectivity index (χ1v) is 5.14. The molecule has 0 bridgehead atoms. The van der Waals surface area contributed by atoms with Gasteiger partial charge >= 0.3 is 0 Å². The third-order valence-corrected chi connectivity index (χ3v) is 2.53. The summed E-state index contributed by atoms with van der Waals surface area (Å²) in [5, 5.41) is 3.13. The van der Waals surface area contributed by atoms with Crippen LogP contribution >= 0.6 is 0 Å². The summed E-state index contributed by atoms with van der Waals surface area (Å²) in [6.07, 6.45) is 1.11. The van der Waals surface area contributed by atoms with E-state index in [9.17, 15) is 4.39 Å². The summed E-state index contributed by atoms with van der Waals surface area (Å²) >= 11 is 0. The summed E-state index contributed by atoms with van der Waals surface area (Å²) < 4.78 is 13.5. The number of benzene rings is 1. The molecule has 0 aliphatic rings. The number of halogens is 1. The van der Waals surface area contributed by atoms with Crippen LogP contribution in [0.15, 0.2) is 18.2 Å². The molecule has 1 nitrogen and oxygen atoms in total. The molecule has 0 aliphatic heterocycles. The summed E-state index contributed by atoms with van der Waals surface area (Å²) in [6, 6.07) is 5.44. The average molecular weight is 195 g/mol. The van der Waals surface area contributed by atoms with E-state index >= 15 is 0 Å². The quantitative estimate of drug-likeness (QED) is 0.774. The van der Waals surface area contributed by atoms with E-state index in [0.717, 1.165) is 13.0 Å². The molecular formula is C12H18FN. The van der Waals surface area contributed by atoms with Crippen molar-refractivity contribution >= 4 is 5.69 Å². The lowest BCUT2D eigenvalue weighted by atomic mass is 10.1. The third-order valence-electron chi connectivity index (χ3n) is 2.53. The molecule has 78 valence electrons. The van der Waals surface area contributed by atoms with Crippen LogP contribution in [0.25, 0.3) is 0 Å². The van der Waals surface area contributed by atoms with Crippen LogP contribution in [0.1, 0.15) is 25.8 Å². The van der Waals surface area contributed by atoms with Crippen molar-refractivity contribution in [1.82, 2.24) is 0 Å². The topological polar surface area (TPSA) is 12.0 Å². The molecular weight excluding hydrogens is 177 g/mol. The van der Waals surface area contributed by atoms with Gasteiger partial charge < -0.3 is 5.32 Å². The number of aryl methyl sites for hydroxylation is 1. The maximum atomic E-state index is 13.5. The van der Waals surface area contributed by atoms with E-state index < -0.39 is 0 Å². The summed E-state index contributed by atoms with van der Waals surface area (Å²) in [6.45, 7) is 6.90. The molecule has 0 amide bonds. The van der Waals surface area contributed by atoms with Gasteiger partial charge in [0, 0.05) is 6.54 Å². The van der Waals surface area contributed by atoms with Gasteiger partial charge in [0.2, 0.25) is 0 Å². The van der Waals surface area contributed by atoms with Crippen LogP contribution in [0.4, 0.5) is 10.1 Å². The lowest BCUT2D eigenvalue weighted by Gasteiger charge is -2.12. The molecule has 0 fully saturated rings. The van der Waals surface area contributed by atoms with Crippen LogP contribution in [-0.4, -0.2) is 6.54 Å². The molecule has 14 heavy (non-hydrogen) atoms. The Hall–Kier alpha value is -1.05. The lowest BCUT2D eigenvalue weighted by Crippen LogP contribution is -2.11. The zero-order chi connectivity index (χ0) is 10.6. The van der Waals surface area contributed by atoms with Crippen LogP contribution in [0, 0.1) is 18.7 Å². The minimum absolute atomic E-state index is 0.129. The normalized spacial score (nSPS) is 12.6. The van der Waals surface area contributed by atoms with E-state index in [-0.39, 0.29) is 5.82 Å². The van der Waals surface area contributed by atoms with Gasteiger partial charge in [0.05, 0.1) is 5.69 Å². The smallest absolute Gasteiger partial charge is 0.149 e. The molecule has 0 heterocycles. The Morgan fingerprint density at radius 2 is 2.14 bits per heavy atom. The molecule has 1 atom stereocenters. The van der Waals surface area contributed by atoms with Gasteiger partial charge in [-0.2, -0.15) is 0 Å². The van der Waals surface area contributed by atoms with Crippen molar-refractivity contribution in [3.63, 3.8) is 0 Å². The van der Waals surface area contributed by atoms with E-state index in [1.54, 1.807) is 19.1 Å². The second-order valence-corrected chi connectivity index (χ2v) is 3.83. The highest BCUT2D eigenvalue weighted by Gasteiger charge is 2.04. The largest absolute Gasteiger partial charge is 0.382 e. The Kier molecular flexibility index (Phi) is 3.93. The van der Waals surface area contributed by atoms with Gasteiger partial charge in [-0.05, 0) is 24.5 Å². The summed E-state index contributed by atoms with van der Waals surface area (Å²) in [4.78, 5) is 0. The van der Waals surface area contributed by atoms with Crippen molar-refractivity contribution in [1.29, 1.82) is 0 Å². The Bertz CT molecular complexity index is 296. The number of hydrogen-bond donors (Lipinski definition) is 1. The Balaban J connectivity index is 2.63. The fourth-order valence-corrected chi connectivity index (χ4v) is 1.21. The van der Waals surface area contributed by atoms with Crippen LogP contribution in [0.5, 0.6) is 0 Å². The van der Waals surface area contributed by atoms with E-state index in [0.29, 0.717) is 17.2 Å². The van der Waals surface area contributed by atoms with E-state index in [1.807, 2.05) is 6.07 Å². The molecule has 2 heteroatoms.